The summed E-state index contributed by atoms with van der Waals surface area (Å²) in [6.45, 7) is 5.58. The first-order chi connectivity index (χ1) is 6.81. The van der Waals surface area contributed by atoms with Crippen molar-refractivity contribution in [2.75, 3.05) is 11.9 Å². The van der Waals surface area contributed by atoms with Crippen LogP contribution in [0.1, 0.15) is 43.2 Å². The Morgan fingerprint density at radius 2 is 2.29 bits per heavy atom. The molecule has 0 fully saturated rings. The predicted octanol–water partition coefficient (Wildman–Crippen LogP) is 3.69. The first kappa shape index (κ1) is 9.57. The Bertz CT molecular complexity index is 317. The number of benzene rings is 1. The highest BCUT2D eigenvalue weighted by Gasteiger charge is 2.20. The van der Waals surface area contributed by atoms with E-state index in [1.54, 1.807) is 5.56 Å². The lowest BCUT2D eigenvalue weighted by Crippen LogP contribution is -2.01. The van der Waals surface area contributed by atoms with Gasteiger partial charge in [-0.05, 0) is 25.0 Å². The number of unbranched alkanes of at least 4 members (excludes halogenated alkanes) is 1. The summed E-state index contributed by atoms with van der Waals surface area (Å²) in [7, 11) is 0. The third-order valence-corrected chi connectivity index (χ3v) is 3.09. The van der Waals surface area contributed by atoms with Gasteiger partial charge in [-0.15, -0.1) is 0 Å². The number of hydrogen-bond donors (Lipinski definition) is 1. The van der Waals surface area contributed by atoms with Gasteiger partial charge in [0.2, 0.25) is 0 Å². The molecule has 1 unspecified atom stereocenters. The average Bonchev–Trinajstić information content (AvgIpc) is 2.57. The Balaban J connectivity index is 2.16. The van der Waals surface area contributed by atoms with Crippen LogP contribution in [0.2, 0.25) is 0 Å². The van der Waals surface area contributed by atoms with Gasteiger partial charge >= 0.3 is 0 Å². The molecule has 76 valence electrons. The molecule has 1 nitrogen and oxygen atoms in total. The van der Waals surface area contributed by atoms with E-state index in [2.05, 4.69) is 37.4 Å². The third-order valence-electron chi connectivity index (χ3n) is 3.09. The lowest BCUT2D eigenvalue weighted by Gasteiger charge is -2.09. The van der Waals surface area contributed by atoms with Crippen molar-refractivity contribution in [1.82, 2.24) is 0 Å². The molecule has 14 heavy (non-hydrogen) atoms. The minimum absolute atomic E-state index is 0.754. The fourth-order valence-corrected chi connectivity index (χ4v) is 2.23. The number of aryl methyl sites for hydroxylation is 1. The van der Waals surface area contributed by atoms with Crippen molar-refractivity contribution in [3.8, 4) is 0 Å². The lowest BCUT2D eigenvalue weighted by atomic mass is 9.94. The zero-order valence-corrected chi connectivity index (χ0v) is 9.14. The second kappa shape index (κ2) is 4.04. The smallest absolute Gasteiger partial charge is 0.0376 e. The van der Waals surface area contributed by atoms with Crippen molar-refractivity contribution < 1.29 is 0 Å². The minimum atomic E-state index is 0.754. The van der Waals surface area contributed by atoms with E-state index in [1.165, 1.54) is 30.5 Å². The zero-order valence-electron chi connectivity index (χ0n) is 9.14. The van der Waals surface area contributed by atoms with Crippen molar-refractivity contribution in [2.45, 2.75) is 39.0 Å². The van der Waals surface area contributed by atoms with Crippen molar-refractivity contribution in [3.05, 3.63) is 29.3 Å². The summed E-state index contributed by atoms with van der Waals surface area (Å²) in [6.07, 6.45) is 3.98. The van der Waals surface area contributed by atoms with E-state index in [4.69, 9.17) is 0 Å². The van der Waals surface area contributed by atoms with Crippen LogP contribution in [0.3, 0.4) is 0 Å². The maximum atomic E-state index is 3.49. The lowest BCUT2D eigenvalue weighted by molar-refractivity contribution is 0.621. The van der Waals surface area contributed by atoms with E-state index in [9.17, 15) is 0 Å². The van der Waals surface area contributed by atoms with Crippen LogP contribution in [0.4, 0.5) is 5.69 Å². The number of fused-ring (bicyclic) bond motifs is 1. The fraction of sp³-hybridized carbons (Fsp3) is 0.538. The molecule has 0 saturated heterocycles. The molecule has 0 aromatic heterocycles. The summed E-state index contributed by atoms with van der Waals surface area (Å²) in [5, 5.41) is 3.49. The maximum absolute atomic E-state index is 3.49. The highest BCUT2D eigenvalue weighted by atomic mass is 14.9. The number of rotatable bonds is 3. The Hall–Kier alpha value is -0.980. The van der Waals surface area contributed by atoms with Gasteiger partial charge in [0.05, 0.1) is 0 Å². The Labute approximate surface area is 86.5 Å². The normalized spacial score (nSPS) is 19.1. The SMILES string of the molecule is CCCCC1CNc2ccc(C)cc21. The molecule has 0 radical (unpaired) electrons. The van der Waals surface area contributed by atoms with Gasteiger partial charge < -0.3 is 5.32 Å². The maximum Gasteiger partial charge on any atom is 0.0376 e. The van der Waals surface area contributed by atoms with Crippen molar-refractivity contribution in [2.24, 2.45) is 0 Å². The van der Waals surface area contributed by atoms with Crippen LogP contribution in [-0.2, 0) is 0 Å². The largest absolute Gasteiger partial charge is 0.384 e. The second-order valence-electron chi connectivity index (χ2n) is 4.31. The summed E-state index contributed by atoms with van der Waals surface area (Å²) < 4.78 is 0. The Morgan fingerprint density at radius 3 is 3.07 bits per heavy atom. The van der Waals surface area contributed by atoms with Crippen LogP contribution in [0.25, 0.3) is 0 Å². The molecule has 1 aromatic carbocycles. The van der Waals surface area contributed by atoms with E-state index < -0.39 is 0 Å². The monoisotopic (exact) mass is 189 g/mol. The Morgan fingerprint density at radius 1 is 1.43 bits per heavy atom. The van der Waals surface area contributed by atoms with Gasteiger partial charge in [-0.3, -0.25) is 0 Å². The third kappa shape index (κ3) is 1.77. The molecule has 0 amide bonds. The average molecular weight is 189 g/mol. The first-order valence-electron chi connectivity index (χ1n) is 5.65. The minimum Gasteiger partial charge on any atom is -0.384 e. The highest BCUT2D eigenvalue weighted by molar-refractivity contribution is 5.58. The van der Waals surface area contributed by atoms with E-state index in [0.29, 0.717) is 0 Å². The van der Waals surface area contributed by atoms with Gasteiger partial charge in [-0.1, -0.05) is 37.5 Å². The van der Waals surface area contributed by atoms with Crippen LogP contribution in [-0.4, -0.2) is 6.54 Å². The molecular weight excluding hydrogens is 170 g/mol. The standard InChI is InChI=1S/C13H19N/c1-3-4-5-11-9-14-13-7-6-10(2)8-12(11)13/h6-8,11,14H,3-5,9H2,1-2H3. The molecule has 0 saturated carbocycles. The molecule has 1 aromatic rings. The topological polar surface area (TPSA) is 12.0 Å². The summed E-state index contributed by atoms with van der Waals surface area (Å²) in [4.78, 5) is 0. The number of hydrogen-bond acceptors (Lipinski definition) is 1. The second-order valence-corrected chi connectivity index (χ2v) is 4.31. The van der Waals surface area contributed by atoms with E-state index in [1.807, 2.05) is 0 Å². The van der Waals surface area contributed by atoms with Crippen molar-refractivity contribution >= 4 is 5.69 Å². The van der Waals surface area contributed by atoms with Gasteiger partial charge in [-0.25, -0.2) is 0 Å². The first-order valence-corrected chi connectivity index (χ1v) is 5.65. The summed E-state index contributed by atoms with van der Waals surface area (Å²) in [5.74, 6) is 0.754. The molecule has 2 rings (SSSR count). The molecule has 0 bridgehead atoms. The van der Waals surface area contributed by atoms with Crippen LogP contribution in [0.5, 0.6) is 0 Å². The molecule has 0 aliphatic carbocycles. The summed E-state index contributed by atoms with van der Waals surface area (Å²) in [6, 6.07) is 6.75. The fourth-order valence-electron chi connectivity index (χ4n) is 2.23. The zero-order chi connectivity index (χ0) is 9.97. The molecule has 1 N–H and O–H groups in total. The summed E-state index contributed by atoms with van der Waals surface area (Å²) in [5.41, 5.74) is 4.28. The van der Waals surface area contributed by atoms with Crippen molar-refractivity contribution in [1.29, 1.82) is 0 Å². The van der Waals surface area contributed by atoms with Crippen molar-refractivity contribution in [3.63, 3.8) is 0 Å². The van der Waals surface area contributed by atoms with Gasteiger partial charge in [0, 0.05) is 18.2 Å². The molecule has 1 heteroatoms. The molecule has 0 spiro atoms. The van der Waals surface area contributed by atoms with Crippen LogP contribution in [0.15, 0.2) is 18.2 Å². The molecule has 1 aliphatic rings. The van der Waals surface area contributed by atoms with Crippen LogP contribution in [0, 0.1) is 6.92 Å². The Kier molecular flexibility index (Phi) is 2.76. The number of anilines is 1. The molecule has 1 atom stereocenters. The number of nitrogens with one attached hydrogen (secondary N) is 1. The van der Waals surface area contributed by atoms with E-state index in [0.717, 1.165) is 12.5 Å². The van der Waals surface area contributed by atoms with Gasteiger partial charge in [0.15, 0.2) is 0 Å². The quantitative estimate of drug-likeness (QED) is 0.764. The molecule has 1 aliphatic heterocycles. The van der Waals surface area contributed by atoms with Gasteiger partial charge in [0.1, 0.15) is 0 Å². The summed E-state index contributed by atoms with van der Waals surface area (Å²) >= 11 is 0. The van der Waals surface area contributed by atoms with E-state index in [-0.39, 0.29) is 0 Å². The molecule has 1 heterocycles. The molecular formula is C13H19N. The predicted molar refractivity (Wildman–Crippen MR) is 61.9 cm³/mol. The van der Waals surface area contributed by atoms with Gasteiger partial charge in [0.25, 0.3) is 0 Å². The van der Waals surface area contributed by atoms with Gasteiger partial charge in [-0.2, -0.15) is 0 Å². The highest BCUT2D eigenvalue weighted by Crippen LogP contribution is 2.34. The van der Waals surface area contributed by atoms with Crippen LogP contribution < -0.4 is 5.32 Å². The van der Waals surface area contributed by atoms with E-state index >= 15 is 0 Å². The van der Waals surface area contributed by atoms with Crippen LogP contribution >= 0.6 is 0 Å².